The second-order valence-electron chi connectivity index (χ2n) is 7.27. The van der Waals surface area contributed by atoms with Crippen molar-refractivity contribution in [3.63, 3.8) is 0 Å². The maximum atomic E-state index is 12.6. The molecular weight excluding hydrogens is 280 g/mol. The van der Waals surface area contributed by atoms with Crippen molar-refractivity contribution in [2.45, 2.75) is 46.2 Å². The van der Waals surface area contributed by atoms with Gasteiger partial charge in [0.15, 0.2) is 0 Å². The summed E-state index contributed by atoms with van der Waals surface area (Å²) in [6.45, 7) is 8.25. The van der Waals surface area contributed by atoms with Crippen LogP contribution in [0.5, 0.6) is 0 Å². The molecule has 2 amide bonds. The van der Waals surface area contributed by atoms with Crippen molar-refractivity contribution in [1.29, 1.82) is 0 Å². The molecule has 0 bridgehead atoms. The summed E-state index contributed by atoms with van der Waals surface area (Å²) in [5.74, 6) is 0.174. The summed E-state index contributed by atoms with van der Waals surface area (Å²) in [5.41, 5.74) is 8.77. The Bertz CT molecular complexity index is 585. The van der Waals surface area contributed by atoms with E-state index in [2.05, 4.69) is 27.6 Å². The zero-order valence-electron chi connectivity index (χ0n) is 13.5. The molecule has 0 spiro atoms. The third-order valence-electron chi connectivity index (χ3n) is 4.47. The molecule has 0 saturated heterocycles. The first-order chi connectivity index (χ1) is 10.3. The molecule has 0 radical (unpaired) electrons. The SMILES string of the molecule is CCNC(=O)[C@@H](NC(=O)C1=C2C=C3CC3C2NN1)C(C)(C)C. The van der Waals surface area contributed by atoms with Crippen LogP contribution in [0.25, 0.3) is 0 Å². The van der Waals surface area contributed by atoms with E-state index in [0.29, 0.717) is 18.2 Å². The Kier molecular flexibility index (Phi) is 3.51. The predicted octanol–water partition coefficient (Wildman–Crippen LogP) is 0.344. The number of carbonyl (C=O) groups is 2. The first kappa shape index (κ1) is 15.1. The van der Waals surface area contributed by atoms with Crippen LogP contribution >= 0.6 is 0 Å². The van der Waals surface area contributed by atoms with Crippen LogP contribution in [0, 0.1) is 11.3 Å². The van der Waals surface area contributed by atoms with Crippen LogP contribution in [0.15, 0.2) is 22.9 Å². The molecule has 1 aliphatic heterocycles. The van der Waals surface area contributed by atoms with Crippen LogP contribution in [-0.4, -0.2) is 30.4 Å². The smallest absolute Gasteiger partial charge is 0.269 e. The van der Waals surface area contributed by atoms with Crippen molar-refractivity contribution in [3.8, 4) is 0 Å². The molecule has 120 valence electrons. The van der Waals surface area contributed by atoms with Gasteiger partial charge in [-0.2, -0.15) is 0 Å². The van der Waals surface area contributed by atoms with Crippen LogP contribution in [0.2, 0.25) is 0 Å². The summed E-state index contributed by atoms with van der Waals surface area (Å²) in [4.78, 5) is 24.8. The van der Waals surface area contributed by atoms with Crippen molar-refractivity contribution in [2.75, 3.05) is 6.54 Å². The zero-order valence-corrected chi connectivity index (χ0v) is 13.5. The van der Waals surface area contributed by atoms with Gasteiger partial charge in [0.1, 0.15) is 11.7 Å². The van der Waals surface area contributed by atoms with E-state index < -0.39 is 6.04 Å². The molecule has 1 heterocycles. The number of hydrogen-bond acceptors (Lipinski definition) is 4. The van der Waals surface area contributed by atoms with Gasteiger partial charge < -0.3 is 16.1 Å². The van der Waals surface area contributed by atoms with Crippen molar-refractivity contribution in [2.24, 2.45) is 11.3 Å². The van der Waals surface area contributed by atoms with Gasteiger partial charge in [-0.15, -0.1) is 0 Å². The summed E-state index contributed by atoms with van der Waals surface area (Å²) in [6, 6.07) is -0.356. The summed E-state index contributed by atoms with van der Waals surface area (Å²) < 4.78 is 0. The topological polar surface area (TPSA) is 82.3 Å². The Balaban J connectivity index is 1.76. The van der Waals surface area contributed by atoms with Gasteiger partial charge >= 0.3 is 0 Å². The van der Waals surface area contributed by atoms with E-state index in [-0.39, 0.29) is 23.3 Å². The Morgan fingerprint density at radius 3 is 2.77 bits per heavy atom. The lowest BCUT2D eigenvalue weighted by Gasteiger charge is -2.30. The maximum Gasteiger partial charge on any atom is 0.269 e. The largest absolute Gasteiger partial charge is 0.355 e. The maximum absolute atomic E-state index is 12.6. The molecule has 2 aliphatic carbocycles. The highest BCUT2D eigenvalue weighted by molar-refractivity contribution is 5.98. The Labute approximate surface area is 130 Å². The average molecular weight is 304 g/mol. The first-order valence-corrected chi connectivity index (χ1v) is 7.87. The van der Waals surface area contributed by atoms with Crippen LogP contribution in [0.1, 0.15) is 34.1 Å². The molecule has 6 heteroatoms. The number of hydrazine groups is 1. The lowest BCUT2D eigenvalue weighted by Crippen LogP contribution is -2.54. The molecule has 3 rings (SSSR count). The normalized spacial score (nSPS) is 26.6. The minimum absolute atomic E-state index is 0.149. The molecule has 2 unspecified atom stereocenters. The predicted molar refractivity (Wildman–Crippen MR) is 83.3 cm³/mol. The molecule has 22 heavy (non-hydrogen) atoms. The fourth-order valence-electron chi connectivity index (χ4n) is 3.17. The van der Waals surface area contributed by atoms with Crippen molar-refractivity contribution >= 4 is 11.8 Å². The molecule has 1 fully saturated rings. The lowest BCUT2D eigenvalue weighted by molar-refractivity contribution is -0.130. The van der Waals surface area contributed by atoms with E-state index in [4.69, 9.17) is 0 Å². The second kappa shape index (κ2) is 5.12. The Hall–Kier alpha value is -1.82. The number of carbonyl (C=O) groups excluding carboxylic acids is 2. The second-order valence-corrected chi connectivity index (χ2v) is 7.27. The minimum Gasteiger partial charge on any atom is -0.355 e. The average Bonchev–Trinajstić information content (AvgIpc) is 2.91. The summed E-state index contributed by atoms with van der Waals surface area (Å²) in [5, 5.41) is 5.68. The number of nitrogens with one attached hydrogen (secondary N) is 4. The molecule has 3 atom stereocenters. The summed E-state index contributed by atoms with van der Waals surface area (Å²) >= 11 is 0. The van der Waals surface area contributed by atoms with E-state index in [1.54, 1.807) is 0 Å². The third-order valence-corrected chi connectivity index (χ3v) is 4.47. The van der Waals surface area contributed by atoms with Gasteiger partial charge in [-0.05, 0) is 18.8 Å². The van der Waals surface area contributed by atoms with Crippen molar-refractivity contribution in [1.82, 2.24) is 21.5 Å². The highest BCUT2D eigenvalue weighted by atomic mass is 16.2. The van der Waals surface area contributed by atoms with E-state index in [1.165, 1.54) is 5.57 Å². The van der Waals surface area contributed by atoms with Crippen LogP contribution in [-0.2, 0) is 9.59 Å². The molecule has 0 aromatic heterocycles. The number of hydrogen-bond donors (Lipinski definition) is 4. The summed E-state index contributed by atoms with van der Waals surface area (Å²) in [7, 11) is 0. The first-order valence-electron chi connectivity index (χ1n) is 7.87. The van der Waals surface area contributed by atoms with Gasteiger partial charge in [-0.1, -0.05) is 32.4 Å². The third kappa shape index (κ3) is 2.52. The minimum atomic E-state index is -0.572. The number of rotatable bonds is 4. The Morgan fingerprint density at radius 2 is 2.14 bits per heavy atom. The van der Waals surface area contributed by atoms with E-state index in [9.17, 15) is 9.59 Å². The molecule has 4 N–H and O–H groups in total. The van der Waals surface area contributed by atoms with Gasteiger partial charge in [0.05, 0.1) is 6.04 Å². The molecule has 3 aliphatic rings. The summed E-state index contributed by atoms with van der Waals surface area (Å²) in [6.07, 6.45) is 3.23. The highest BCUT2D eigenvalue weighted by Gasteiger charge is 2.48. The molecular formula is C16H24N4O2. The monoisotopic (exact) mass is 304 g/mol. The standard InChI is InChI=1S/C16H24N4O2/c1-5-17-15(22)13(16(2,3)4)18-14(21)12-10-7-8-6-9(8)11(10)19-20-12/h7,9,11,13,19-20H,5-6H2,1-4H3,(H,17,22)(H,18,21)/t9?,11?,13-/m1/s1. The van der Waals surface area contributed by atoms with Gasteiger partial charge in [0.25, 0.3) is 5.91 Å². The number of amides is 2. The van der Waals surface area contributed by atoms with Gasteiger partial charge in [0.2, 0.25) is 5.91 Å². The molecule has 1 saturated carbocycles. The van der Waals surface area contributed by atoms with Crippen LogP contribution in [0.4, 0.5) is 0 Å². The van der Waals surface area contributed by atoms with Gasteiger partial charge in [-0.25, -0.2) is 5.43 Å². The van der Waals surface area contributed by atoms with Crippen molar-refractivity contribution < 1.29 is 9.59 Å². The Morgan fingerprint density at radius 1 is 1.41 bits per heavy atom. The van der Waals surface area contributed by atoms with Crippen LogP contribution < -0.4 is 21.5 Å². The van der Waals surface area contributed by atoms with Crippen molar-refractivity contribution in [3.05, 3.63) is 22.9 Å². The zero-order chi connectivity index (χ0) is 16.1. The number of likely N-dealkylation sites (N-methyl/N-ethyl adjacent to an activating group) is 1. The quantitative estimate of drug-likeness (QED) is 0.604. The van der Waals surface area contributed by atoms with E-state index in [0.717, 1.165) is 12.0 Å². The van der Waals surface area contributed by atoms with E-state index >= 15 is 0 Å². The fraction of sp³-hybridized carbons (Fsp3) is 0.625. The van der Waals surface area contributed by atoms with E-state index in [1.807, 2.05) is 27.7 Å². The molecule has 0 aromatic rings. The van der Waals surface area contributed by atoms with Gasteiger partial charge in [0, 0.05) is 18.0 Å². The molecule has 6 nitrogen and oxygen atoms in total. The van der Waals surface area contributed by atoms with Gasteiger partial charge in [-0.3, -0.25) is 9.59 Å². The molecule has 0 aromatic carbocycles. The van der Waals surface area contributed by atoms with Crippen LogP contribution in [0.3, 0.4) is 0 Å². The highest BCUT2D eigenvalue weighted by Crippen LogP contribution is 2.50. The number of fused-ring (bicyclic) bond motifs is 3. The lowest BCUT2D eigenvalue weighted by atomic mass is 9.86. The fourth-order valence-corrected chi connectivity index (χ4v) is 3.17.